The average Bonchev–Trinajstić information content (AvgIpc) is 2.24. The fourth-order valence-corrected chi connectivity index (χ4v) is 2.13. The standard InChI is InChI=1S/C14H26N4O/c1-6-15-13-17-11(4)7-12(18-13)16-9-14(5,19)8-10(2)3/h7,10,19H,6,8-9H2,1-5H3,(H2,15,16,17,18). The van der Waals surface area contributed by atoms with Crippen LogP contribution in [0.25, 0.3) is 0 Å². The Kier molecular flexibility index (Phi) is 5.54. The Morgan fingerprint density at radius 2 is 2.00 bits per heavy atom. The van der Waals surface area contributed by atoms with Crippen molar-refractivity contribution >= 4 is 11.8 Å². The van der Waals surface area contributed by atoms with E-state index in [9.17, 15) is 5.11 Å². The molecule has 0 aromatic carbocycles. The first-order valence-corrected chi connectivity index (χ1v) is 6.88. The topological polar surface area (TPSA) is 70.1 Å². The van der Waals surface area contributed by atoms with E-state index in [4.69, 9.17) is 0 Å². The van der Waals surface area contributed by atoms with Crippen molar-refractivity contribution in [1.82, 2.24) is 9.97 Å². The lowest BCUT2D eigenvalue weighted by Gasteiger charge is -2.26. The van der Waals surface area contributed by atoms with Crippen LogP contribution in [0.2, 0.25) is 0 Å². The minimum Gasteiger partial charge on any atom is -0.388 e. The smallest absolute Gasteiger partial charge is 0.224 e. The molecule has 0 aliphatic carbocycles. The van der Waals surface area contributed by atoms with E-state index < -0.39 is 5.60 Å². The zero-order valence-corrected chi connectivity index (χ0v) is 12.6. The van der Waals surface area contributed by atoms with Gasteiger partial charge in [0.15, 0.2) is 0 Å². The van der Waals surface area contributed by atoms with Gasteiger partial charge in [0.1, 0.15) is 5.82 Å². The molecular weight excluding hydrogens is 240 g/mol. The number of aryl methyl sites for hydroxylation is 1. The first-order valence-electron chi connectivity index (χ1n) is 6.88. The van der Waals surface area contributed by atoms with Crippen molar-refractivity contribution in [3.8, 4) is 0 Å². The molecule has 3 N–H and O–H groups in total. The maximum Gasteiger partial charge on any atom is 0.224 e. The predicted octanol–water partition coefficient (Wildman–Crippen LogP) is 2.43. The second-order valence-corrected chi connectivity index (χ2v) is 5.70. The van der Waals surface area contributed by atoms with E-state index in [-0.39, 0.29) is 0 Å². The van der Waals surface area contributed by atoms with Gasteiger partial charge in [0.2, 0.25) is 5.95 Å². The molecule has 1 aromatic rings. The van der Waals surface area contributed by atoms with E-state index in [1.165, 1.54) is 0 Å². The van der Waals surface area contributed by atoms with Crippen LogP contribution in [0.15, 0.2) is 6.07 Å². The van der Waals surface area contributed by atoms with Crippen molar-refractivity contribution in [2.45, 2.75) is 46.6 Å². The molecule has 0 saturated heterocycles. The van der Waals surface area contributed by atoms with E-state index in [1.54, 1.807) is 0 Å². The molecule has 108 valence electrons. The summed E-state index contributed by atoms with van der Waals surface area (Å²) in [4.78, 5) is 8.65. The van der Waals surface area contributed by atoms with Gasteiger partial charge in [-0.15, -0.1) is 0 Å². The molecular formula is C14H26N4O. The molecule has 0 fully saturated rings. The van der Waals surface area contributed by atoms with Crippen LogP contribution in [0.3, 0.4) is 0 Å². The van der Waals surface area contributed by atoms with E-state index in [0.29, 0.717) is 18.4 Å². The predicted molar refractivity (Wildman–Crippen MR) is 79.5 cm³/mol. The number of nitrogens with zero attached hydrogens (tertiary/aromatic N) is 2. The summed E-state index contributed by atoms with van der Waals surface area (Å²) in [6, 6.07) is 1.88. The number of aliphatic hydroxyl groups is 1. The van der Waals surface area contributed by atoms with Gasteiger partial charge in [-0.2, -0.15) is 4.98 Å². The Balaban J connectivity index is 2.66. The number of hydrogen-bond donors (Lipinski definition) is 3. The molecule has 1 unspecified atom stereocenters. The first-order chi connectivity index (χ1) is 8.82. The van der Waals surface area contributed by atoms with Gasteiger partial charge in [0.05, 0.1) is 5.60 Å². The number of aromatic nitrogens is 2. The molecule has 0 aliphatic rings. The lowest BCUT2D eigenvalue weighted by atomic mass is 9.94. The fourth-order valence-electron chi connectivity index (χ4n) is 2.13. The van der Waals surface area contributed by atoms with Crippen molar-refractivity contribution in [3.63, 3.8) is 0 Å². The van der Waals surface area contributed by atoms with Crippen LogP contribution >= 0.6 is 0 Å². The summed E-state index contributed by atoms with van der Waals surface area (Å²) < 4.78 is 0. The number of hydrogen-bond acceptors (Lipinski definition) is 5. The van der Waals surface area contributed by atoms with Crippen LogP contribution in [0.4, 0.5) is 11.8 Å². The van der Waals surface area contributed by atoms with Crippen molar-refractivity contribution in [2.75, 3.05) is 23.7 Å². The number of rotatable bonds is 7. The van der Waals surface area contributed by atoms with Gasteiger partial charge in [0, 0.05) is 24.8 Å². The minimum absolute atomic E-state index is 0.459. The van der Waals surface area contributed by atoms with Gasteiger partial charge < -0.3 is 15.7 Å². The van der Waals surface area contributed by atoms with Crippen LogP contribution in [-0.4, -0.2) is 33.8 Å². The Morgan fingerprint density at radius 3 is 2.58 bits per heavy atom. The van der Waals surface area contributed by atoms with Crippen LogP contribution in [0, 0.1) is 12.8 Å². The molecule has 0 spiro atoms. The molecule has 0 radical (unpaired) electrons. The lowest BCUT2D eigenvalue weighted by Crippen LogP contribution is -2.35. The van der Waals surface area contributed by atoms with Gasteiger partial charge in [-0.3, -0.25) is 0 Å². The zero-order chi connectivity index (χ0) is 14.5. The summed E-state index contributed by atoms with van der Waals surface area (Å²) in [5, 5.41) is 16.5. The molecule has 5 nitrogen and oxygen atoms in total. The third-order valence-electron chi connectivity index (χ3n) is 2.69. The Morgan fingerprint density at radius 1 is 1.32 bits per heavy atom. The molecule has 1 aromatic heterocycles. The van der Waals surface area contributed by atoms with Gasteiger partial charge in [-0.1, -0.05) is 13.8 Å². The van der Waals surface area contributed by atoms with Crippen LogP contribution in [0.5, 0.6) is 0 Å². The second-order valence-electron chi connectivity index (χ2n) is 5.70. The molecule has 19 heavy (non-hydrogen) atoms. The summed E-state index contributed by atoms with van der Waals surface area (Å²) in [6.07, 6.45) is 0.754. The maximum atomic E-state index is 10.3. The molecule has 1 atom stereocenters. The molecule has 1 heterocycles. The monoisotopic (exact) mass is 266 g/mol. The Hall–Kier alpha value is -1.36. The summed E-state index contributed by atoms with van der Waals surface area (Å²) in [7, 11) is 0. The molecule has 0 aliphatic heterocycles. The molecule has 0 amide bonds. The maximum absolute atomic E-state index is 10.3. The second kappa shape index (κ2) is 6.70. The highest BCUT2D eigenvalue weighted by Gasteiger charge is 2.21. The summed E-state index contributed by atoms with van der Waals surface area (Å²) in [6.45, 7) is 11.3. The third-order valence-corrected chi connectivity index (χ3v) is 2.69. The summed E-state index contributed by atoms with van der Waals surface area (Å²) >= 11 is 0. The first kappa shape index (κ1) is 15.7. The largest absolute Gasteiger partial charge is 0.388 e. The summed E-state index contributed by atoms with van der Waals surface area (Å²) in [5.41, 5.74) is 0.169. The molecule has 1 rings (SSSR count). The normalized spacial score (nSPS) is 14.3. The minimum atomic E-state index is -0.731. The quantitative estimate of drug-likeness (QED) is 0.707. The van der Waals surface area contributed by atoms with Crippen molar-refractivity contribution < 1.29 is 5.11 Å². The highest BCUT2D eigenvalue weighted by atomic mass is 16.3. The van der Waals surface area contributed by atoms with E-state index in [1.807, 2.05) is 26.8 Å². The van der Waals surface area contributed by atoms with E-state index in [2.05, 4.69) is 34.4 Å². The zero-order valence-electron chi connectivity index (χ0n) is 12.6. The van der Waals surface area contributed by atoms with Crippen LogP contribution in [-0.2, 0) is 0 Å². The Bertz CT molecular complexity index is 404. The van der Waals surface area contributed by atoms with Gasteiger partial charge in [0.25, 0.3) is 0 Å². The highest BCUT2D eigenvalue weighted by molar-refractivity contribution is 5.42. The average molecular weight is 266 g/mol. The number of nitrogens with one attached hydrogen (secondary N) is 2. The van der Waals surface area contributed by atoms with Gasteiger partial charge >= 0.3 is 0 Å². The number of anilines is 2. The van der Waals surface area contributed by atoms with Gasteiger partial charge in [-0.25, -0.2) is 4.98 Å². The molecule has 0 bridgehead atoms. The summed E-state index contributed by atoms with van der Waals surface area (Å²) in [5.74, 6) is 1.82. The van der Waals surface area contributed by atoms with Crippen molar-refractivity contribution in [3.05, 3.63) is 11.8 Å². The fraction of sp³-hybridized carbons (Fsp3) is 0.714. The highest BCUT2D eigenvalue weighted by Crippen LogP contribution is 2.17. The van der Waals surface area contributed by atoms with Gasteiger partial charge in [-0.05, 0) is 33.1 Å². The van der Waals surface area contributed by atoms with E-state index in [0.717, 1.165) is 24.5 Å². The molecule has 5 heteroatoms. The SMILES string of the molecule is CCNc1nc(C)cc(NCC(C)(O)CC(C)C)n1. The van der Waals surface area contributed by atoms with Crippen LogP contribution < -0.4 is 10.6 Å². The third kappa shape index (κ3) is 5.87. The van der Waals surface area contributed by atoms with Crippen molar-refractivity contribution in [2.24, 2.45) is 5.92 Å². The lowest BCUT2D eigenvalue weighted by molar-refractivity contribution is 0.0515. The van der Waals surface area contributed by atoms with Crippen LogP contribution in [0.1, 0.15) is 39.8 Å². The van der Waals surface area contributed by atoms with E-state index >= 15 is 0 Å². The molecule has 0 saturated carbocycles. The Labute approximate surface area is 115 Å². The van der Waals surface area contributed by atoms with Crippen molar-refractivity contribution in [1.29, 1.82) is 0 Å².